The number of nitrogens with zero attached hydrogens (tertiary/aromatic N) is 1. The van der Waals surface area contributed by atoms with Crippen LogP contribution in [-0.4, -0.2) is 11.5 Å². The van der Waals surface area contributed by atoms with E-state index in [1.165, 1.54) is 0 Å². The van der Waals surface area contributed by atoms with Gasteiger partial charge in [0.1, 0.15) is 17.4 Å². The van der Waals surface area contributed by atoms with E-state index >= 15 is 0 Å². The molecular weight excluding hydrogens is 292 g/mol. The van der Waals surface area contributed by atoms with Gasteiger partial charge in [-0.2, -0.15) is 0 Å². The highest BCUT2D eigenvalue weighted by Gasteiger charge is 2.03. The summed E-state index contributed by atoms with van der Waals surface area (Å²) in [5.74, 6) is 1.46. The molecule has 0 bridgehead atoms. The number of halogens is 1. The molecule has 0 atom stereocenters. The lowest BCUT2D eigenvalue weighted by atomic mass is 10.2. The predicted molar refractivity (Wildman–Crippen MR) is 84.4 cm³/mol. The van der Waals surface area contributed by atoms with Gasteiger partial charge >= 0.3 is 0 Å². The summed E-state index contributed by atoms with van der Waals surface area (Å²) < 4.78 is 5.67. The molecule has 0 saturated carbocycles. The molecule has 1 aromatic heterocycles. The van der Waals surface area contributed by atoms with Crippen LogP contribution >= 0.6 is 22.9 Å². The van der Waals surface area contributed by atoms with Crippen molar-refractivity contribution < 1.29 is 4.74 Å². The Kier molecular flexibility index (Phi) is 5.83. The molecule has 0 radical (unpaired) electrons. The van der Waals surface area contributed by atoms with Crippen LogP contribution in [-0.2, 0) is 13.2 Å². The van der Waals surface area contributed by atoms with E-state index < -0.39 is 0 Å². The third-order valence-corrected chi connectivity index (χ3v) is 3.76. The maximum Gasteiger partial charge on any atom is 0.140 e. The number of thiazole rings is 1. The number of hydrogen-bond donors (Lipinski definition) is 1. The third-order valence-electron chi connectivity index (χ3n) is 2.63. The topological polar surface area (TPSA) is 34.1 Å². The minimum Gasteiger partial charge on any atom is -0.486 e. The summed E-state index contributed by atoms with van der Waals surface area (Å²) in [6.45, 7) is 6.71. The van der Waals surface area contributed by atoms with Crippen LogP contribution in [0, 0.1) is 5.92 Å². The van der Waals surface area contributed by atoms with E-state index in [2.05, 4.69) is 29.5 Å². The van der Waals surface area contributed by atoms with E-state index in [4.69, 9.17) is 16.3 Å². The van der Waals surface area contributed by atoms with Crippen molar-refractivity contribution in [2.45, 2.75) is 27.0 Å². The largest absolute Gasteiger partial charge is 0.486 e. The summed E-state index contributed by atoms with van der Waals surface area (Å²) in [6, 6.07) is 7.36. The highest BCUT2D eigenvalue weighted by molar-refractivity contribution is 7.09. The second-order valence-electron chi connectivity index (χ2n) is 5.00. The molecular formula is C15H19ClN2OS. The molecule has 1 heterocycles. The monoisotopic (exact) mass is 310 g/mol. The van der Waals surface area contributed by atoms with Crippen molar-refractivity contribution in [1.29, 1.82) is 0 Å². The Bertz CT molecular complexity index is 525. The molecule has 1 aromatic carbocycles. The van der Waals surface area contributed by atoms with Gasteiger partial charge in [-0.05, 0) is 36.7 Å². The van der Waals surface area contributed by atoms with Crippen LogP contribution in [0.5, 0.6) is 5.75 Å². The fraction of sp³-hybridized carbons (Fsp3) is 0.400. The van der Waals surface area contributed by atoms with Gasteiger partial charge in [0.2, 0.25) is 0 Å². The lowest BCUT2D eigenvalue weighted by molar-refractivity contribution is 0.305. The molecule has 0 saturated heterocycles. The number of hydrogen-bond acceptors (Lipinski definition) is 4. The fourth-order valence-electron chi connectivity index (χ4n) is 1.66. The minimum absolute atomic E-state index is 0.497. The first kappa shape index (κ1) is 15.3. The lowest BCUT2D eigenvalue weighted by Crippen LogP contribution is -2.19. The molecule has 5 heteroatoms. The molecule has 0 aliphatic heterocycles. The number of rotatable bonds is 7. The first-order valence-corrected chi connectivity index (χ1v) is 7.91. The van der Waals surface area contributed by atoms with Gasteiger partial charge in [-0.3, -0.25) is 0 Å². The quantitative estimate of drug-likeness (QED) is 0.835. The normalized spacial score (nSPS) is 11.0. The second-order valence-corrected chi connectivity index (χ2v) is 6.38. The standard InChI is InChI=1S/C15H19ClN2OS/c1-11(2)7-17-8-13-10-20-15(18-13)9-19-14-5-3-12(16)4-6-14/h3-6,10-11,17H,7-9H2,1-2H3. The minimum atomic E-state index is 0.497. The molecule has 0 aliphatic rings. The summed E-state index contributed by atoms with van der Waals surface area (Å²) >= 11 is 7.46. The van der Waals surface area contributed by atoms with Gasteiger partial charge in [0.15, 0.2) is 0 Å². The van der Waals surface area contributed by atoms with E-state index in [1.807, 2.05) is 24.3 Å². The molecule has 20 heavy (non-hydrogen) atoms. The van der Waals surface area contributed by atoms with E-state index in [1.54, 1.807) is 11.3 Å². The van der Waals surface area contributed by atoms with E-state index in [0.29, 0.717) is 17.5 Å². The van der Waals surface area contributed by atoms with Crippen LogP contribution in [0.1, 0.15) is 24.5 Å². The Hall–Kier alpha value is -1.10. The third kappa shape index (κ3) is 5.12. The molecule has 3 nitrogen and oxygen atoms in total. The molecule has 0 fully saturated rings. The number of benzene rings is 1. The summed E-state index contributed by atoms with van der Waals surface area (Å²) in [5.41, 5.74) is 1.07. The van der Waals surface area contributed by atoms with Gasteiger partial charge < -0.3 is 10.1 Å². The maximum absolute atomic E-state index is 5.83. The van der Waals surface area contributed by atoms with E-state index in [0.717, 1.165) is 29.5 Å². The first-order chi connectivity index (χ1) is 9.63. The molecule has 0 spiro atoms. The zero-order valence-corrected chi connectivity index (χ0v) is 13.3. The predicted octanol–water partition coefficient (Wildman–Crippen LogP) is 4.12. The zero-order valence-electron chi connectivity index (χ0n) is 11.7. The Balaban J connectivity index is 1.79. The van der Waals surface area contributed by atoms with Crippen LogP contribution in [0.25, 0.3) is 0 Å². The van der Waals surface area contributed by atoms with Crippen molar-refractivity contribution in [3.05, 3.63) is 45.4 Å². The van der Waals surface area contributed by atoms with E-state index in [9.17, 15) is 0 Å². The van der Waals surface area contributed by atoms with Crippen molar-refractivity contribution in [1.82, 2.24) is 10.3 Å². The molecule has 0 amide bonds. The van der Waals surface area contributed by atoms with Crippen molar-refractivity contribution in [3.63, 3.8) is 0 Å². The Morgan fingerprint density at radius 3 is 2.75 bits per heavy atom. The van der Waals surface area contributed by atoms with Crippen molar-refractivity contribution >= 4 is 22.9 Å². The van der Waals surface area contributed by atoms with Crippen molar-refractivity contribution in [2.75, 3.05) is 6.54 Å². The highest BCUT2D eigenvalue weighted by atomic mass is 35.5. The summed E-state index contributed by atoms with van der Waals surface area (Å²) in [6.07, 6.45) is 0. The van der Waals surface area contributed by atoms with Gasteiger partial charge in [-0.1, -0.05) is 25.4 Å². The molecule has 2 aromatic rings. The summed E-state index contributed by atoms with van der Waals surface area (Å²) in [4.78, 5) is 4.54. The molecule has 0 unspecified atom stereocenters. The molecule has 0 aliphatic carbocycles. The number of aromatic nitrogens is 1. The summed E-state index contributed by atoms with van der Waals surface area (Å²) in [7, 11) is 0. The smallest absolute Gasteiger partial charge is 0.140 e. The van der Waals surface area contributed by atoms with Crippen LogP contribution in [0.2, 0.25) is 5.02 Å². The first-order valence-electron chi connectivity index (χ1n) is 6.66. The maximum atomic E-state index is 5.83. The average molecular weight is 311 g/mol. The van der Waals surface area contributed by atoms with Gasteiger partial charge in [0, 0.05) is 16.9 Å². The van der Waals surface area contributed by atoms with Crippen LogP contribution in [0.15, 0.2) is 29.6 Å². The molecule has 2 rings (SSSR count). The Morgan fingerprint density at radius 1 is 1.30 bits per heavy atom. The van der Waals surface area contributed by atoms with Crippen LogP contribution in [0.3, 0.4) is 0 Å². The summed E-state index contributed by atoms with van der Waals surface area (Å²) in [5, 5.41) is 7.16. The molecule has 1 N–H and O–H groups in total. The van der Waals surface area contributed by atoms with Gasteiger partial charge in [-0.25, -0.2) is 4.98 Å². The van der Waals surface area contributed by atoms with Crippen molar-refractivity contribution in [2.24, 2.45) is 5.92 Å². The Labute approximate surface area is 129 Å². The zero-order chi connectivity index (χ0) is 14.4. The van der Waals surface area contributed by atoms with Gasteiger partial charge in [0.25, 0.3) is 0 Å². The second kappa shape index (κ2) is 7.62. The van der Waals surface area contributed by atoms with Crippen LogP contribution in [0.4, 0.5) is 0 Å². The lowest BCUT2D eigenvalue weighted by Gasteiger charge is -2.05. The van der Waals surface area contributed by atoms with Crippen molar-refractivity contribution in [3.8, 4) is 5.75 Å². The SMILES string of the molecule is CC(C)CNCc1csc(COc2ccc(Cl)cc2)n1. The highest BCUT2D eigenvalue weighted by Crippen LogP contribution is 2.18. The van der Waals surface area contributed by atoms with Gasteiger partial charge in [0.05, 0.1) is 5.69 Å². The fourth-order valence-corrected chi connectivity index (χ4v) is 2.49. The van der Waals surface area contributed by atoms with E-state index in [-0.39, 0.29) is 0 Å². The van der Waals surface area contributed by atoms with Crippen LogP contribution < -0.4 is 10.1 Å². The van der Waals surface area contributed by atoms with Gasteiger partial charge in [-0.15, -0.1) is 11.3 Å². The molecule has 108 valence electrons. The average Bonchev–Trinajstić information content (AvgIpc) is 2.86. The Morgan fingerprint density at radius 2 is 2.05 bits per heavy atom. The number of nitrogens with one attached hydrogen (secondary N) is 1. The number of ether oxygens (including phenoxy) is 1.